The topological polar surface area (TPSA) is 119 Å². The molecule has 2 N–H and O–H groups in total. The van der Waals surface area contributed by atoms with Crippen LogP contribution in [0, 0.1) is 11.3 Å². The number of carbonyl (C=O) groups is 4. The molecule has 0 fully saturated rings. The van der Waals surface area contributed by atoms with E-state index in [-0.39, 0.29) is 25.4 Å². The Hall–Kier alpha value is -3.21. The maximum absolute atomic E-state index is 12.1. The quantitative estimate of drug-likeness (QED) is 0.531. The van der Waals surface area contributed by atoms with Gasteiger partial charge >= 0.3 is 0 Å². The molecule has 124 valence electrons. The highest BCUT2D eigenvalue weighted by molar-refractivity contribution is 6.22. The molecule has 1 heterocycles. The van der Waals surface area contributed by atoms with Crippen molar-refractivity contribution in [3.63, 3.8) is 0 Å². The molecule has 24 heavy (non-hydrogen) atoms. The predicted octanol–water partition coefficient (Wildman–Crippen LogP) is -0.181. The molecule has 0 saturated heterocycles. The summed E-state index contributed by atoms with van der Waals surface area (Å²) in [7, 11) is 0. The van der Waals surface area contributed by atoms with Crippen molar-refractivity contribution in [2.24, 2.45) is 0 Å². The van der Waals surface area contributed by atoms with Gasteiger partial charge in [0, 0.05) is 13.1 Å². The minimum Gasteiger partial charge on any atom is -0.355 e. The number of fused-ring (bicyclic) bond motifs is 1. The molecule has 1 aromatic carbocycles. The fraction of sp³-hybridized carbons (Fsp3) is 0.312. The minimum absolute atomic E-state index is 0.202. The monoisotopic (exact) mass is 328 g/mol. The van der Waals surface area contributed by atoms with E-state index >= 15 is 0 Å². The van der Waals surface area contributed by atoms with E-state index in [9.17, 15) is 19.2 Å². The molecule has 1 aliphatic heterocycles. The van der Waals surface area contributed by atoms with Crippen LogP contribution in [0.4, 0.5) is 0 Å². The molecular weight excluding hydrogens is 312 g/mol. The van der Waals surface area contributed by atoms with E-state index in [0.29, 0.717) is 24.1 Å². The highest BCUT2D eigenvalue weighted by atomic mass is 16.2. The van der Waals surface area contributed by atoms with Crippen molar-refractivity contribution in [2.75, 3.05) is 19.6 Å². The highest BCUT2D eigenvalue weighted by Crippen LogP contribution is 2.21. The van der Waals surface area contributed by atoms with Gasteiger partial charge in [0.05, 0.1) is 17.2 Å². The second kappa shape index (κ2) is 7.87. The number of hydrogen-bond acceptors (Lipinski definition) is 5. The van der Waals surface area contributed by atoms with Gasteiger partial charge in [-0.15, -0.1) is 0 Å². The summed E-state index contributed by atoms with van der Waals surface area (Å²) in [5, 5.41) is 13.4. The SMILES string of the molecule is N#CCC(=O)NCCCNC(=O)CN1C(=O)c2ccccc2C1=O. The van der Waals surface area contributed by atoms with Gasteiger partial charge in [-0.1, -0.05) is 12.1 Å². The molecule has 0 radical (unpaired) electrons. The standard InChI is InChI=1S/C16H16N4O4/c17-7-6-13(21)18-8-3-9-19-14(22)10-20-15(23)11-4-1-2-5-12(11)16(20)24/h1-2,4-5H,3,6,8-10H2,(H,18,21)(H,19,22). The smallest absolute Gasteiger partial charge is 0.262 e. The average molecular weight is 328 g/mol. The lowest BCUT2D eigenvalue weighted by Crippen LogP contribution is -2.41. The Morgan fingerprint density at radius 3 is 2.08 bits per heavy atom. The summed E-state index contributed by atoms with van der Waals surface area (Å²) in [6, 6.07) is 8.16. The van der Waals surface area contributed by atoms with Crippen LogP contribution in [-0.4, -0.2) is 48.2 Å². The van der Waals surface area contributed by atoms with Gasteiger partial charge in [-0.05, 0) is 18.6 Å². The van der Waals surface area contributed by atoms with Crippen molar-refractivity contribution in [1.82, 2.24) is 15.5 Å². The highest BCUT2D eigenvalue weighted by Gasteiger charge is 2.36. The van der Waals surface area contributed by atoms with Gasteiger partial charge in [0.25, 0.3) is 11.8 Å². The first kappa shape index (κ1) is 17.1. The number of nitrogens with zero attached hydrogens (tertiary/aromatic N) is 2. The van der Waals surface area contributed by atoms with Crippen LogP contribution < -0.4 is 10.6 Å². The molecule has 0 aromatic heterocycles. The Morgan fingerprint density at radius 2 is 1.54 bits per heavy atom. The van der Waals surface area contributed by atoms with Crippen molar-refractivity contribution in [3.8, 4) is 6.07 Å². The van der Waals surface area contributed by atoms with Crippen molar-refractivity contribution in [1.29, 1.82) is 5.26 Å². The van der Waals surface area contributed by atoms with Crippen LogP contribution >= 0.6 is 0 Å². The van der Waals surface area contributed by atoms with Crippen LogP contribution in [0.25, 0.3) is 0 Å². The summed E-state index contributed by atoms with van der Waals surface area (Å²) in [4.78, 5) is 48.0. The average Bonchev–Trinajstić information content (AvgIpc) is 2.80. The van der Waals surface area contributed by atoms with Gasteiger partial charge in [0.2, 0.25) is 11.8 Å². The fourth-order valence-electron chi connectivity index (χ4n) is 2.26. The third kappa shape index (κ3) is 3.95. The van der Waals surface area contributed by atoms with Crippen molar-refractivity contribution >= 4 is 23.6 Å². The number of benzene rings is 1. The number of rotatable bonds is 7. The third-order valence-electron chi connectivity index (χ3n) is 3.42. The van der Waals surface area contributed by atoms with Gasteiger partial charge in [0.1, 0.15) is 13.0 Å². The molecule has 0 saturated carbocycles. The lowest BCUT2D eigenvalue weighted by molar-refractivity contribution is -0.121. The zero-order valence-corrected chi connectivity index (χ0v) is 12.9. The van der Waals surface area contributed by atoms with Gasteiger partial charge in [-0.3, -0.25) is 24.1 Å². The number of hydrogen-bond donors (Lipinski definition) is 2. The lowest BCUT2D eigenvalue weighted by atomic mass is 10.1. The summed E-state index contributed by atoms with van der Waals surface area (Å²) < 4.78 is 0. The van der Waals surface area contributed by atoms with Crippen LogP contribution in [0.3, 0.4) is 0 Å². The lowest BCUT2D eigenvalue weighted by Gasteiger charge is -2.13. The number of carbonyl (C=O) groups excluding carboxylic acids is 4. The summed E-state index contributed by atoms with van der Waals surface area (Å²) in [5.74, 6) is -1.77. The van der Waals surface area contributed by atoms with Crippen LogP contribution in [0.1, 0.15) is 33.6 Å². The zero-order valence-electron chi connectivity index (χ0n) is 12.9. The van der Waals surface area contributed by atoms with Gasteiger partial charge in [0.15, 0.2) is 0 Å². The van der Waals surface area contributed by atoms with Crippen molar-refractivity contribution < 1.29 is 19.2 Å². The molecule has 0 aliphatic carbocycles. The number of nitrogens with one attached hydrogen (secondary N) is 2. The van der Waals surface area contributed by atoms with Crippen molar-refractivity contribution in [3.05, 3.63) is 35.4 Å². The summed E-state index contributed by atoms with van der Waals surface area (Å²) in [6.45, 7) is 0.274. The first-order chi connectivity index (χ1) is 11.5. The molecule has 0 unspecified atom stereocenters. The maximum atomic E-state index is 12.1. The zero-order chi connectivity index (χ0) is 17.5. The largest absolute Gasteiger partial charge is 0.355 e. The normalized spacial score (nSPS) is 12.5. The number of amides is 4. The predicted molar refractivity (Wildman–Crippen MR) is 82.7 cm³/mol. The van der Waals surface area contributed by atoms with E-state index in [1.165, 1.54) is 0 Å². The second-order valence-corrected chi connectivity index (χ2v) is 5.13. The van der Waals surface area contributed by atoms with Crippen LogP contribution in [0.5, 0.6) is 0 Å². The Morgan fingerprint density at radius 1 is 1.00 bits per heavy atom. The Kier molecular flexibility index (Phi) is 5.63. The minimum atomic E-state index is -0.477. The summed E-state index contributed by atoms with van der Waals surface area (Å²) in [5.41, 5.74) is 0.603. The molecule has 0 bridgehead atoms. The van der Waals surface area contributed by atoms with Gasteiger partial charge in [-0.2, -0.15) is 5.26 Å². The summed E-state index contributed by atoms with van der Waals surface area (Å²) >= 11 is 0. The van der Waals surface area contributed by atoms with E-state index in [0.717, 1.165) is 4.90 Å². The van der Waals surface area contributed by atoms with E-state index in [4.69, 9.17) is 5.26 Å². The molecule has 0 atom stereocenters. The van der Waals surface area contributed by atoms with Gasteiger partial charge < -0.3 is 10.6 Å². The van der Waals surface area contributed by atoms with E-state index in [1.54, 1.807) is 30.3 Å². The molecule has 0 spiro atoms. The number of nitriles is 1. The third-order valence-corrected chi connectivity index (χ3v) is 3.42. The van der Waals surface area contributed by atoms with E-state index < -0.39 is 17.7 Å². The molecule has 1 aliphatic rings. The van der Waals surface area contributed by atoms with Crippen molar-refractivity contribution in [2.45, 2.75) is 12.8 Å². The summed E-state index contributed by atoms with van der Waals surface area (Å²) in [6.07, 6.45) is 0.275. The Bertz CT molecular complexity index is 688. The first-order valence-corrected chi connectivity index (χ1v) is 7.40. The molecule has 8 heteroatoms. The second-order valence-electron chi connectivity index (χ2n) is 5.13. The van der Waals surface area contributed by atoms with Crippen LogP contribution in [0.15, 0.2) is 24.3 Å². The molecule has 8 nitrogen and oxygen atoms in total. The Labute approximate surface area is 138 Å². The number of imide groups is 1. The van der Waals surface area contributed by atoms with E-state index in [2.05, 4.69) is 10.6 Å². The fourth-order valence-corrected chi connectivity index (χ4v) is 2.26. The van der Waals surface area contributed by atoms with E-state index in [1.807, 2.05) is 0 Å². The molecule has 2 rings (SSSR count). The maximum Gasteiger partial charge on any atom is 0.262 e. The molecular formula is C16H16N4O4. The molecule has 4 amide bonds. The Balaban J connectivity index is 1.74. The first-order valence-electron chi connectivity index (χ1n) is 7.40. The molecule has 1 aromatic rings. The van der Waals surface area contributed by atoms with Crippen LogP contribution in [0.2, 0.25) is 0 Å². The van der Waals surface area contributed by atoms with Gasteiger partial charge in [-0.25, -0.2) is 0 Å². The van der Waals surface area contributed by atoms with Crippen LogP contribution in [-0.2, 0) is 9.59 Å².